The first kappa shape index (κ1) is 43.9. The molecule has 4 heterocycles. The number of benzene rings is 5. The number of thiazole rings is 1. The van der Waals surface area contributed by atoms with Gasteiger partial charge in [0.15, 0.2) is 0 Å². The van der Waals surface area contributed by atoms with Gasteiger partial charge in [0.05, 0.1) is 11.1 Å². The molecule has 0 spiro atoms. The maximum Gasteiger partial charge on any atom is 0.276 e. The molecule has 0 bridgehead atoms. The fourth-order valence-electron chi connectivity index (χ4n) is 13.1. The van der Waals surface area contributed by atoms with Crippen molar-refractivity contribution in [3.63, 3.8) is 0 Å². The average molecular weight is 890 g/mol. The van der Waals surface area contributed by atoms with Crippen LogP contribution >= 0.6 is 11.3 Å². The summed E-state index contributed by atoms with van der Waals surface area (Å²) in [7, 11) is 0. The molecule has 5 aliphatic rings. The molecule has 1 aromatic heterocycles. The SMILES string of the molecule is CC(C)(C)c1ccc(-c2ccc(-c3nc4c(s3)N(c3ccc5c(c3)C(C)(C)CCC5(C)C)c3cc(C(C)(C)C)cc5c3B4c3ccc(C(C)(C)C)c4c3N5C3(C)CCCCC43C)cc2)cc1. The van der Waals surface area contributed by atoms with Crippen LogP contribution in [0.4, 0.5) is 27.8 Å². The van der Waals surface area contributed by atoms with Crippen molar-refractivity contribution in [3.05, 3.63) is 124 Å². The summed E-state index contributed by atoms with van der Waals surface area (Å²) in [6, 6.07) is 36.1. The van der Waals surface area contributed by atoms with Gasteiger partial charge in [-0.25, -0.2) is 4.98 Å². The van der Waals surface area contributed by atoms with Crippen LogP contribution in [-0.2, 0) is 32.5 Å². The lowest BCUT2D eigenvalue weighted by molar-refractivity contribution is 0.193. The van der Waals surface area contributed by atoms with Crippen LogP contribution in [0.1, 0.15) is 176 Å². The molecule has 3 aliphatic heterocycles. The minimum absolute atomic E-state index is 0.0122. The minimum atomic E-state index is -0.0620. The van der Waals surface area contributed by atoms with Crippen LogP contribution in [-0.4, -0.2) is 17.2 Å². The van der Waals surface area contributed by atoms with Gasteiger partial charge in [0.25, 0.3) is 6.71 Å². The summed E-state index contributed by atoms with van der Waals surface area (Å²) in [5, 5.41) is 2.34. The summed E-state index contributed by atoms with van der Waals surface area (Å²) in [5.74, 6) is 0. The standard InChI is InChI=1S/C61H72BN3S/c1-55(2,3)40-24-22-38(23-25-40)37-18-20-39(21-19-37)53-63-52-54(66-53)64(42-26-27-43-45(36-42)59(12,13)33-32-58(43,10)11)47-34-41(56(4,5)6)35-48-50(47)62(52)46-29-28-44(57(7,8)9)49-51(46)65(48)61(15)31-17-16-30-60(49,61)14/h18-29,34-36H,16-17,30-33H2,1-15H3. The number of anilines is 5. The Morgan fingerprint density at radius 3 is 1.80 bits per heavy atom. The summed E-state index contributed by atoms with van der Waals surface area (Å²) < 4.78 is 0. The maximum absolute atomic E-state index is 5.90. The van der Waals surface area contributed by atoms with Crippen molar-refractivity contribution in [2.45, 2.75) is 180 Å². The molecule has 0 amide bonds. The predicted molar refractivity (Wildman–Crippen MR) is 287 cm³/mol. The molecule has 66 heavy (non-hydrogen) atoms. The first-order chi connectivity index (χ1) is 30.8. The second kappa shape index (κ2) is 14.0. The van der Waals surface area contributed by atoms with Crippen molar-refractivity contribution in [2.75, 3.05) is 9.80 Å². The number of nitrogens with zero attached hydrogens (tertiary/aromatic N) is 3. The molecule has 11 rings (SSSR count). The van der Waals surface area contributed by atoms with Crippen molar-refractivity contribution >= 4 is 62.3 Å². The van der Waals surface area contributed by atoms with E-state index < -0.39 is 0 Å². The Labute approximate surface area is 401 Å². The van der Waals surface area contributed by atoms with Crippen LogP contribution in [0.3, 0.4) is 0 Å². The summed E-state index contributed by atoms with van der Waals surface area (Å²) in [5.41, 5.74) is 22.3. The van der Waals surface area contributed by atoms with Gasteiger partial charge in [-0.1, -0.05) is 188 Å². The number of aromatic nitrogens is 1. The molecular formula is C61H72BN3S. The molecule has 1 saturated carbocycles. The van der Waals surface area contributed by atoms with Gasteiger partial charge in [-0.05, 0) is 139 Å². The zero-order valence-corrected chi connectivity index (χ0v) is 43.5. The summed E-state index contributed by atoms with van der Waals surface area (Å²) in [6.07, 6.45) is 7.31. The molecule has 6 aromatic rings. The Morgan fingerprint density at radius 1 is 0.576 bits per heavy atom. The Bertz CT molecular complexity index is 2970. The number of hydrogen-bond donors (Lipinski definition) is 0. The first-order valence-electron chi connectivity index (χ1n) is 25.2. The summed E-state index contributed by atoms with van der Waals surface area (Å²) >= 11 is 1.88. The fraction of sp³-hybridized carbons (Fsp3) is 0.459. The van der Waals surface area contributed by atoms with Gasteiger partial charge in [-0.15, -0.1) is 0 Å². The van der Waals surface area contributed by atoms with Crippen LogP contribution < -0.4 is 26.3 Å². The van der Waals surface area contributed by atoms with Gasteiger partial charge in [-0.2, -0.15) is 0 Å². The lowest BCUT2D eigenvalue weighted by Gasteiger charge is -2.53. The van der Waals surface area contributed by atoms with E-state index in [-0.39, 0.29) is 44.7 Å². The highest BCUT2D eigenvalue weighted by Gasteiger charge is 2.63. The van der Waals surface area contributed by atoms with Crippen LogP contribution in [0.5, 0.6) is 0 Å². The third-order valence-corrected chi connectivity index (χ3v) is 18.7. The predicted octanol–water partition coefficient (Wildman–Crippen LogP) is 15.1. The van der Waals surface area contributed by atoms with E-state index in [0.29, 0.717) is 0 Å². The quantitative estimate of drug-likeness (QED) is 0.165. The second-order valence-electron chi connectivity index (χ2n) is 25.9. The maximum atomic E-state index is 5.90. The molecule has 1 fully saturated rings. The zero-order valence-electron chi connectivity index (χ0n) is 42.7. The Balaban J connectivity index is 1.18. The highest BCUT2D eigenvalue weighted by atomic mass is 32.1. The van der Waals surface area contributed by atoms with Crippen molar-refractivity contribution in [2.24, 2.45) is 0 Å². The van der Waals surface area contributed by atoms with E-state index in [1.54, 1.807) is 5.56 Å². The van der Waals surface area contributed by atoms with Crippen molar-refractivity contribution in [3.8, 4) is 21.7 Å². The van der Waals surface area contributed by atoms with Gasteiger partial charge in [0.2, 0.25) is 0 Å². The molecule has 2 atom stereocenters. The third-order valence-electron chi connectivity index (χ3n) is 17.6. The van der Waals surface area contributed by atoms with Gasteiger partial charge >= 0.3 is 0 Å². The average Bonchev–Trinajstić information content (AvgIpc) is 3.78. The Morgan fingerprint density at radius 2 is 1.17 bits per heavy atom. The molecule has 5 heteroatoms. The molecule has 3 nitrogen and oxygen atoms in total. The number of hydrogen-bond acceptors (Lipinski definition) is 4. The molecule has 5 aromatic carbocycles. The van der Waals surface area contributed by atoms with Gasteiger partial charge in [-0.3, -0.25) is 0 Å². The van der Waals surface area contributed by atoms with E-state index in [0.717, 1.165) is 5.01 Å². The molecule has 2 unspecified atom stereocenters. The van der Waals surface area contributed by atoms with Gasteiger partial charge in [0, 0.05) is 33.7 Å². The zero-order chi connectivity index (χ0) is 46.9. The first-order valence-corrected chi connectivity index (χ1v) is 26.0. The highest BCUT2D eigenvalue weighted by molar-refractivity contribution is 7.22. The van der Waals surface area contributed by atoms with E-state index in [4.69, 9.17) is 4.98 Å². The summed E-state index contributed by atoms with van der Waals surface area (Å²) in [6.45, 7) is 36.5. The Kier molecular flexibility index (Phi) is 9.31. The molecule has 2 aliphatic carbocycles. The van der Waals surface area contributed by atoms with E-state index in [9.17, 15) is 0 Å². The second-order valence-corrected chi connectivity index (χ2v) is 26.9. The number of fused-ring (bicyclic) bond motifs is 8. The van der Waals surface area contributed by atoms with Crippen LogP contribution in [0.25, 0.3) is 21.7 Å². The highest BCUT2D eigenvalue weighted by Crippen LogP contribution is 2.64. The van der Waals surface area contributed by atoms with E-state index >= 15 is 0 Å². The van der Waals surface area contributed by atoms with Crippen LogP contribution in [0.2, 0.25) is 0 Å². The van der Waals surface area contributed by atoms with Crippen molar-refractivity contribution < 1.29 is 0 Å². The van der Waals surface area contributed by atoms with Gasteiger partial charge in [0.1, 0.15) is 10.0 Å². The van der Waals surface area contributed by atoms with E-state index in [1.165, 1.54) is 127 Å². The van der Waals surface area contributed by atoms with Crippen molar-refractivity contribution in [1.29, 1.82) is 0 Å². The van der Waals surface area contributed by atoms with E-state index in [1.807, 2.05) is 11.3 Å². The molecule has 340 valence electrons. The van der Waals surface area contributed by atoms with Crippen LogP contribution in [0, 0.1) is 0 Å². The van der Waals surface area contributed by atoms with Crippen molar-refractivity contribution in [1.82, 2.24) is 4.98 Å². The van der Waals surface area contributed by atoms with Gasteiger partial charge < -0.3 is 9.80 Å². The molecule has 0 radical (unpaired) electrons. The minimum Gasteiger partial charge on any atom is -0.335 e. The lowest BCUT2D eigenvalue weighted by atomic mass is 9.35. The lowest BCUT2D eigenvalue weighted by Crippen LogP contribution is -2.64. The molecule has 0 saturated heterocycles. The van der Waals surface area contributed by atoms with Crippen LogP contribution in [0.15, 0.2) is 91.0 Å². The normalized spacial score (nSPS) is 22.4. The topological polar surface area (TPSA) is 19.4 Å². The molecular weight excluding hydrogens is 818 g/mol. The smallest absolute Gasteiger partial charge is 0.276 e. The Hall–Kier alpha value is -4.61. The third kappa shape index (κ3) is 6.22. The summed E-state index contributed by atoms with van der Waals surface area (Å²) in [4.78, 5) is 11.5. The van der Waals surface area contributed by atoms with E-state index in [2.05, 4.69) is 205 Å². The monoisotopic (exact) mass is 890 g/mol. The largest absolute Gasteiger partial charge is 0.335 e. The molecule has 0 N–H and O–H groups in total. The number of rotatable bonds is 3. The fourth-order valence-corrected chi connectivity index (χ4v) is 14.3.